The van der Waals surface area contributed by atoms with Crippen LogP contribution >= 0.6 is 0 Å². The Kier molecular flexibility index (Phi) is 6.02. The van der Waals surface area contributed by atoms with E-state index in [2.05, 4.69) is 15.3 Å². The van der Waals surface area contributed by atoms with Crippen molar-refractivity contribution < 1.29 is 14.7 Å². The van der Waals surface area contributed by atoms with Gasteiger partial charge in [-0.2, -0.15) is 0 Å². The molecule has 1 atom stereocenters. The monoisotopic (exact) mass is 493 g/mol. The summed E-state index contributed by atoms with van der Waals surface area (Å²) >= 11 is 0. The Morgan fingerprint density at radius 1 is 0.973 bits per heavy atom. The number of nitrogens with one attached hydrogen (secondary N) is 1. The lowest BCUT2D eigenvalue weighted by Gasteiger charge is -2.17. The normalized spacial score (nSPS) is 17.5. The summed E-state index contributed by atoms with van der Waals surface area (Å²) in [5.41, 5.74) is 4.97. The first kappa shape index (κ1) is 23.1. The van der Waals surface area contributed by atoms with E-state index < -0.39 is 6.10 Å². The van der Waals surface area contributed by atoms with Gasteiger partial charge in [-0.05, 0) is 60.9 Å². The molecule has 2 aromatic carbocycles. The molecule has 2 aromatic heterocycles. The Morgan fingerprint density at radius 2 is 1.81 bits per heavy atom. The van der Waals surface area contributed by atoms with E-state index in [4.69, 9.17) is 0 Å². The number of pyridine rings is 2. The van der Waals surface area contributed by atoms with Crippen molar-refractivity contribution in [1.82, 2.24) is 14.9 Å². The molecule has 0 unspecified atom stereocenters. The second-order valence-corrected chi connectivity index (χ2v) is 9.54. The molecule has 0 saturated carbocycles. The molecule has 2 fully saturated rings. The van der Waals surface area contributed by atoms with Crippen LogP contribution in [0.15, 0.2) is 73.1 Å². The van der Waals surface area contributed by atoms with Crippen LogP contribution < -0.4 is 10.2 Å². The number of rotatable bonds is 5. The number of amides is 2. The van der Waals surface area contributed by atoms with Gasteiger partial charge < -0.3 is 20.2 Å². The van der Waals surface area contributed by atoms with Gasteiger partial charge in [0, 0.05) is 54.5 Å². The second-order valence-electron chi connectivity index (χ2n) is 9.54. The molecule has 8 nitrogen and oxygen atoms in total. The lowest BCUT2D eigenvalue weighted by molar-refractivity contribution is -0.117. The number of carbonyl (C=O) groups is 2. The number of benzene rings is 2. The smallest absolute Gasteiger partial charge is 0.254 e. The lowest BCUT2D eigenvalue weighted by atomic mass is 10.1. The molecule has 8 heteroatoms. The first-order valence-electron chi connectivity index (χ1n) is 12.6. The Labute approximate surface area is 214 Å². The Bertz CT molecular complexity index is 1470. The third kappa shape index (κ3) is 4.63. The highest BCUT2D eigenvalue weighted by Crippen LogP contribution is 2.28. The molecule has 37 heavy (non-hydrogen) atoms. The maximum Gasteiger partial charge on any atom is 0.254 e. The predicted octanol–water partition coefficient (Wildman–Crippen LogP) is 4.37. The molecular weight excluding hydrogens is 466 g/mol. The zero-order valence-electron chi connectivity index (χ0n) is 20.3. The Balaban J connectivity index is 1.20. The number of carbonyl (C=O) groups excluding carboxylic acids is 2. The molecule has 0 aliphatic carbocycles. The maximum absolute atomic E-state index is 13.1. The van der Waals surface area contributed by atoms with Crippen molar-refractivity contribution in [3.8, 4) is 11.1 Å². The summed E-state index contributed by atoms with van der Waals surface area (Å²) in [4.78, 5) is 37.7. The van der Waals surface area contributed by atoms with Crippen LogP contribution in [0.1, 0.15) is 29.6 Å². The largest absolute Gasteiger partial charge is 0.391 e. The summed E-state index contributed by atoms with van der Waals surface area (Å²) in [6.45, 7) is 1.69. The van der Waals surface area contributed by atoms with E-state index >= 15 is 0 Å². The van der Waals surface area contributed by atoms with E-state index in [1.54, 1.807) is 23.4 Å². The number of β-amino-alcohol motifs (C(OH)–C–C–N with tert-alkyl or cyclic N) is 1. The zero-order chi connectivity index (χ0) is 25.4. The lowest BCUT2D eigenvalue weighted by Crippen LogP contribution is -2.29. The zero-order valence-corrected chi connectivity index (χ0v) is 20.3. The minimum absolute atomic E-state index is 0.0938. The van der Waals surface area contributed by atoms with Crippen molar-refractivity contribution in [2.75, 3.05) is 29.9 Å². The number of fused-ring (bicyclic) bond motifs is 1. The van der Waals surface area contributed by atoms with Crippen molar-refractivity contribution in [2.24, 2.45) is 0 Å². The minimum Gasteiger partial charge on any atom is -0.391 e. The second kappa shape index (κ2) is 9.63. The van der Waals surface area contributed by atoms with Crippen molar-refractivity contribution in [2.45, 2.75) is 25.4 Å². The van der Waals surface area contributed by atoms with E-state index in [0.717, 1.165) is 46.4 Å². The molecule has 0 radical (unpaired) electrons. The van der Waals surface area contributed by atoms with Gasteiger partial charge in [0.25, 0.3) is 5.91 Å². The number of anilines is 3. The number of hydrogen-bond donors (Lipinski definition) is 2. The van der Waals surface area contributed by atoms with Gasteiger partial charge in [-0.15, -0.1) is 0 Å². The highest BCUT2D eigenvalue weighted by molar-refractivity contribution is 6.07. The van der Waals surface area contributed by atoms with Gasteiger partial charge in [-0.3, -0.25) is 14.6 Å². The molecule has 2 aliphatic heterocycles. The van der Waals surface area contributed by atoms with Crippen LogP contribution in [-0.2, 0) is 4.79 Å². The van der Waals surface area contributed by atoms with Crippen molar-refractivity contribution in [1.29, 1.82) is 0 Å². The number of nitrogens with zero attached hydrogens (tertiary/aromatic N) is 4. The van der Waals surface area contributed by atoms with Crippen LogP contribution in [0.4, 0.5) is 17.2 Å². The fourth-order valence-corrected chi connectivity index (χ4v) is 5.04. The molecule has 2 aliphatic rings. The maximum atomic E-state index is 13.1. The Morgan fingerprint density at radius 3 is 2.51 bits per heavy atom. The van der Waals surface area contributed by atoms with Gasteiger partial charge in [0.2, 0.25) is 5.91 Å². The van der Waals surface area contributed by atoms with E-state index in [-0.39, 0.29) is 11.8 Å². The SMILES string of the molecule is O=C(c1cccc2ncc(Nc3ccc(-c4ccc(N5CCCC5=O)cc4)cn3)cc12)N1CC[C@@H](O)C1. The average Bonchev–Trinajstić information content (AvgIpc) is 3.56. The van der Waals surface area contributed by atoms with Gasteiger partial charge >= 0.3 is 0 Å². The quantitative estimate of drug-likeness (QED) is 0.428. The molecule has 2 N–H and O–H groups in total. The van der Waals surface area contributed by atoms with Gasteiger partial charge in [0.05, 0.1) is 23.5 Å². The number of aliphatic hydroxyl groups excluding tert-OH is 1. The van der Waals surface area contributed by atoms with Crippen molar-refractivity contribution in [3.05, 3.63) is 78.6 Å². The van der Waals surface area contributed by atoms with Crippen LogP contribution in [-0.4, -0.2) is 57.5 Å². The summed E-state index contributed by atoms with van der Waals surface area (Å²) in [5, 5.41) is 13.9. The van der Waals surface area contributed by atoms with Crippen LogP contribution in [0.2, 0.25) is 0 Å². The predicted molar refractivity (Wildman–Crippen MR) is 143 cm³/mol. The van der Waals surface area contributed by atoms with Crippen LogP contribution in [0.5, 0.6) is 0 Å². The van der Waals surface area contributed by atoms with E-state index in [1.165, 1.54) is 0 Å². The van der Waals surface area contributed by atoms with Crippen molar-refractivity contribution >= 4 is 39.9 Å². The molecule has 2 amide bonds. The van der Waals surface area contributed by atoms with Gasteiger partial charge in [0.15, 0.2) is 0 Å². The minimum atomic E-state index is -0.462. The third-order valence-electron chi connectivity index (χ3n) is 7.03. The van der Waals surface area contributed by atoms with E-state index in [0.29, 0.717) is 37.3 Å². The average molecular weight is 494 g/mol. The summed E-state index contributed by atoms with van der Waals surface area (Å²) < 4.78 is 0. The highest BCUT2D eigenvalue weighted by atomic mass is 16.3. The van der Waals surface area contributed by atoms with E-state index in [1.807, 2.05) is 59.5 Å². The molecule has 186 valence electrons. The first-order valence-corrected chi connectivity index (χ1v) is 12.6. The van der Waals surface area contributed by atoms with Crippen molar-refractivity contribution in [3.63, 3.8) is 0 Å². The molecule has 4 aromatic rings. The number of likely N-dealkylation sites (tertiary alicyclic amines) is 1. The summed E-state index contributed by atoms with van der Waals surface area (Å²) in [5.74, 6) is 0.749. The summed E-state index contributed by atoms with van der Waals surface area (Å²) in [7, 11) is 0. The fraction of sp³-hybridized carbons (Fsp3) is 0.241. The number of hydrogen-bond acceptors (Lipinski definition) is 6. The molecule has 2 saturated heterocycles. The molecular formula is C29H27N5O3. The number of aliphatic hydroxyl groups is 1. The molecule has 4 heterocycles. The van der Waals surface area contributed by atoms with Gasteiger partial charge in [0.1, 0.15) is 5.82 Å². The molecule has 0 bridgehead atoms. The summed E-state index contributed by atoms with van der Waals surface area (Å²) in [6.07, 6.45) is 5.20. The number of aromatic nitrogens is 2. The third-order valence-corrected chi connectivity index (χ3v) is 7.03. The topological polar surface area (TPSA) is 98.7 Å². The standard InChI is InChI=1S/C29H27N5O3/c35-23-12-14-33(18-23)29(37)24-3-1-4-26-25(24)15-21(17-30-26)32-27-11-8-20(16-31-27)19-6-9-22(10-7-19)34-13-2-5-28(34)36/h1,3-4,6-11,15-17,23,35H,2,5,12-14,18H2,(H,31,32)/t23-/m1/s1. The van der Waals surface area contributed by atoms with E-state index in [9.17, 15) is 14.7 Å². The van der Waals surface area contributed by atoms with Gasteiger partial charge in [-0.1, -0.05) is 18.2 Å². The van der Waals surface area contributed by atoms with Crippen LogP contribution in [0, 0.1) is 0 Å². The van der Waals surface area contributed by atoms with Crippen LogP contribution in [0.25, 0.3) is 22.0 Å². The fourth-order valence-electron chi connectivity index (χ4n) is 5.04. The van der Waals surface area contributed by atoms with Gasteiger partial charge in [-0.25, -0.2) is 4.98 Å². The molecule has 6 rings (SSSR count). The first-order chi connectivity index (χ1) is 18.0. The Hall–Kier alpha value is -4.30. The molecule has 0 spiro atoms. The van der Waals surface area contributed by atoms with Crippen LogP contribution in [0.3, 0.4) is 0 Å². The highest BCUT2D eigenvalue weighted by Gasteiger charge is 2.26. The summed E-state index contributed by atoms with van der Waals surface area (Å²) in [6, 6.07) is 19.3.